The van der Waals surface area contributed by atoms with Gasteiger partial charge in [0.25, 0.3) is 0 Å². The van der Waals surface area contributed by atoms with Gasteiger partial charge in [0.15, 0.2) is 0 Å². The lowest BCUT2D eigenvalue weighted by Gasteiger charge is -2.31. The fourth-order valence-electron chi connectivity index (χ4n) is 2.85. The van der Waals surface area contributed by atoms with Crippen LogP contribution in [0.5, 0.6) is 0 Å². The minimum atomic E-state index is -4.33. The monoisotopic (exact) mass is 299 g/mol. The van der Waals surface area contributed by atoms with Crippen molar-refractivity contribution in [3.8, 4) is 0 Å². The Morgan fingerprint density at radius 3 is 2.10 bits per heavy atom. The number of benzene rings is 1. The summed E-state index contributed by atoms with van der Waals surface area (Å²) >= 11 is 0. The van der Waals surface area contributed by atoms with E-state index in [1.165, 1.54) is 24.3 Å². The van der Waals surface area contributed by atoms with Crippen molar-refractivity contribution < 1.29 is 24.3 Å². The van der Waals surface area contributed by atoms with Crippen molar-refractivity contribution in [2.45, 2.75) is 31.2 Å². The van der Waals surface area contributed by atoms with E-state index in [1.807, 2.05) is 0 Å². The van der Waals surface area contributed by atoms with E-state index >= 15 is 0 Å². The van der Waals surface area contributed by atoms with Crippen molar-refractivity contribution in [2.24, 2.45) is 11.7 Å². The molecule has 0 spiro atoms. The van der Waals surface area contributed by atoms with Crippen LogP contribution in [-0.2, 0) is 14.9 Å². The normalized spacial score (nSPS) is 19.8. The Morgan fingerprint density at radius 2 is 1.70 bits per heavy atom. The first kappa shape index (κ1) is 15.2. The predicted molar refractivity (Wildman–Crippen MR) is 73.6 cm³/mol. The second kappa shape index (κ2) is 5.30. The van der Waals surface area contributed by atoms with Gasteiger partial charge >= 0.3 is 13.6 Å². The molecular weight excluding hydrogens is 281 g/mol. The summed E-state index contributed by atoms with van der Waals surface area (Å²) in [6.45, 7) is 0. The Kier molecular flexibility index (Phi) is 4.02. The maximum atomic E-state index is 11.6. The van der Waals surface area contributed by atoms with Crippen LogP contribution in [0, 0.1) is 5.92 Å². The van der Waals surface area contributed by atoms with Gasteiger partial charge in [-0.15, -0.1) is 0 Å². The average Bonchev–Trinajstić information content (AvgIpc) is 2.91. The van der Waals surface area contributed by atoms with Crippen LogP contribution in [0.4, 0.5) is 0 Å². The first-order valence-corrected chi connectivity index (χ1v) is 8.06. The summed E-state index contributed by atoms with van der Waals surface area (Å²) in [5.41, 5.74) is 5.02. The van der Waals surface area contributed by atoms with Crippen molar-refractivity contribution in [1.82, 2.24) is 0 Å². The Hall–Kier alpha value is -1.20. The number of hydrogen-bond donors (Lipinski definition) is 4. The molecule has 1 aliphatic carbocycles. The standard InChI is InChI=1S/C13H18NO5P/c14-13(12(15)16,9-3-1-2-4-9)10-5-7-11(8-6-10)20(17,18)19/h5-9H,1-4,14H2,(H,15,16)(H2,17,18,19)/t13-/m0/s1. The van der Waals surface area contributed by atoms with Gasteiger partial charge in [0.05, 0.1) is 5.30 Å². The highest BCUT2D eigenvalue weighted by Gasteiger charge is 2.45. The van der Waals surface area contributed by atoms with Gasteiger partial charge in [-0.1, -0.05) is 25.0 Å². The van der Waals surface area contributed by atoms with E-state index in [4.69, 9.17) is 15.5 Å². The number of rotatable bonds is 4. The molecule has 0 heterocycles. The van der Waals surface area contributed by atoms with Crippen LogP contribution < -0.4 is 11.0 Å². The molecule has 0 saturated heterocycles. The van der Waals surface area contributed by atoms with Gasteiger partial charge in [-0.05, 0) is 36.5 Å². The lowest BCUT2D eigenvalue weighted by atomic mass is 9.78. The van der Waals surface area contributed by atoms with E-state index < -0.39 is 19.1 Å². The summed E-state index contributed by atoms with van der Waals surface area (Å²) in [5, 5.41) is 9.36. The highest BCUT2D eigenvalue weighted by atomic mass is 31.2. The van der Waals surface area contributed by atoms with E-state index in [2.05, 4.69) is 0 Å². The zero-order valence-electron chi connectivity index (χ0n) is 10.9. The van der Waals surface area contributed by atoms with Gasteiger partial charge in [0.1, 0.15) is 5.54 Å². The largest absolute Gasteiger partial charge is 0.480 e. The Labute approximate surface area is 116 Å². The van der Waals surface area contributed by atoms with Crippen molar-refractivity contribution in [1.29, 1.82) is 0 Å². The minimum absolute atomic E-state index is 0.139. The molecule has 1 atom stereocenters. The second-order valence-electron chi connectivity index (χ2n) is 5.25. The fourth-order valence-corrected chi connectivity index (χ4v) is 3.38. The molecule has 0 amide bonds. The van der Waals surface area contributed by atoms with Crippen LogP contribution in [0.3, 0.4) is 0 Å². The summed E-state index contributed by atoms with van der Waals surface area (Å²) < 4.78 is 11.1. The molecule has 0 radical (unpaired) electrons. The number of aliphatic carboxylic acids is 1. The Bertz CT molecular complexity index is 546. The topological polar surface area (TPSA) is 121 Å². The molecule has 1 saturated carbocycles. The molecule has 2 rings (SSSR count). The quantitative estimate of drug-likeness (QED) is 0.613. The third kappa shape index (κ3) is 2.65. The molecule has 5 N–H and O–H groups in total. The highest BCUT2D eigenvalue weighted by molar-refractivity contribution is 7.60. The molecule has 110 valence electrons. The third-order valence-electron chi connectivity index (χ3n) is 4.03. The Morgan fingerprint density at radius 1 is 1.20 bits per heavy atom. The van der Waals surface area contributed by atoms with Gasteiger partial charge in [0.2, 0.25) is 0 Å². The molecule has 0 bridgehead atoms. The van der Waals surface area contributed by atoms with Gasteiger partial charge in [-0.3, -0.25) is 4.57 Å². The fraction of sp³-hybridized carbons (Fsp3) is 0.462. The van der Waals surface area contributed by atoms with Crippen LogP contribution in [-0.4, -0.2) is 20.9 Å². The number of carboxylic acids is 1. The molecule has 7 heteroatoms. The van der Waals surface area contributed by atoms with Crippen LogP contribution in [0.2, 0.25) is 0 Å². The summed E-state index contributed by atoms with van der Waals surface area (Å²) in [4.78, 5) is 29.7. The maximum Gasteiger partial charge on any atom is 0.356 e. The van der Waals surface area contributed by atoms with Crippen LogP contribution in [0.15, 0.2) is 24.3 Å². The summed E-state index contributed by atoms with van der Waals surface area (Å²) in [5.74, 6) is -1.26. The first-order valence-electron chi connectivity index (χ1n) is 6.45. The van der Waals surface area contributed by atoms with Crippen molar-refractivity contribution in [2.75, 3.05) is 0 Å². The lowest BCUT2D eigenvalue weighted by molar-refractivity contribution is -0.146. The molecule has 0 aromatic heterocycles. The number of hydrogen-bond acceptors (Lipinski definition) is 3. The van der Waals surface area contributed by atoms with Crippen LogP contribution in [0.1, 0.15) is 31.2 Å². The Balaban J connectivity index is 2.40. The molecule has 20 heavy (non-hydrogen) atoms. The van der Waals surface area contributed by atoms with Gasteiger partial charge < -0.3 is 20.6 Å². The van der Waals surface area contributed by atoms with E-state index in [1.54, 1.807) is 0 Å². The molecule has 1 fully saturated rings. The zero-order chi connectivity index (χ0) is 15.0. The van der Waals surface area contributed by atoms with Crippen molar-refractivity contribution >= 4 is 18.9 Å². The first-order chi connectivity index (χ1) is 9.26. The van der Waals surface area contributed by atoms with E-state index in [-0.39, 0.29) is 11.2 Å². The molecule has 1 aromatic rings. The SMILES string of the molecule is N[C@](C(=O)O)(c1ccc(P(=O)(O)O)cc1)C1CCCC1. The van der Waals surface area contributed by atoms with E-state index in [0.717, 1.165) is 25.7 Å². The summed E-state index contributed by atoms with van der Waals surface area (Å²) in [7, 11) is -4.33. The van der Waals surface area contributed by atoms with E-state index in [0.29, 0.717) is 5.56 Å². The number of carbonyl (C=O) groups is 1. The second-order valence-corrected chi connectivity index (χ2v) is 6.85. The van der Waals surface area contributed by atoms with Crippen molar-refractivity contribution in [3.63, 3.8) is 0 Å². The molecule has 0 aliphatic heterocycles. The summed E-state index contributed by atoms with van der Waals surface area (Å²) in [6.07, 6.45) is 3.42. The zero-order valence-corrected chi connectivity index (χ0v) is 11.8. The minimum Gasteiger partial charge on any atom is -0.480 e. The summed E-state index contributed by atoms with van der Waals surface area (Å²) in [6, 6.07) is 5.30. The molecule has 6 nitrogen and oxygen atoms in total. The molecule has 0 unspecified atom stereocenters. The molecule has 1 aliphatic rings. The maximum absolute atomic E-state index is 11.6. The lowest BCUT2D eigenvalue weighted by Crippen LogP contribution is -2.50. The van der Waals surface area contributed by atoms with Crippen LogP contribution >= 0.6 is 7.60 Å². The average molecular weight is 299 g/mol. The molecule has 1 aromatic carbocycles. The van der Waals surface area contributed by atoms with Crippen molar-refractivity contribution in [3.05, 3.63) is 29.8 Å². The van der Waals surface area contributed by atoms with Gasteiger partial charge in [-0.2, -0.15) is 0 Å². The van der Waals surface area contributed by atoms with E-state index in [9.17, 15) is 14.5 Å². The third-order valence-corrected chi connectivity index (χ3v) is 5.01. The highest BCUT2D eigenvalue weighted by Crippen LogP contribution is 2.40. The predicted octanol–water partition coefficient (Wildman–Crippen LogP) is 0.918. The number of carboxylic acid groups (broad SMARTS) is 1. The van der Waals surface area contributed by atoms with Gasteiger partial charge in [0, 0.05) is 0 Å². The van der Waals surface area contributed by atoms with Crippen LogP contribution in [0.25, 0.3) is 0 Å². The smallest absolute Gasteiger partial charge is 0.356 e. The van der Waals surface area contributed by atoms with Gasteiger partial charge in [-0.25, -0.2) is 4.79 Å². The number of nitrogens with two attached hydrogens (primary N) is 1. The molecular formula is C13H18NO5P.